The van der Waals surface area contributed by atoms with E-state index < -0.39 is 24.3 Å². The number of likely N-dealkylation sites (tertiary alicyclic amines) is 2. The second-order valence-corrected chi connectivity index (χ2v) is 14.4. The summed E-state index contributed by atoms with van der Waals surface area (Å²) >= 11 is 0. The SMILES string of the molecule is COC(=O)N[C@@H](C)C(=O)N1CCC[C@H]1C1=NC=C(c2ccc(-c3ccc(-c4cnc([C@@H]5CCCN5C(=O)[C@H](Cc5cn(C)cn5)NC(=O)OC)[nH]4)cc3)cc2)C1. The molecule has 2 fully saturated rings. The molecule has 0 aliphatic carbocycles. The van der Waals surface area contributed by atoms with Gasteiger partial charge < -0.3 is 39.5 Å². The van der Waals surface area contributed by atoms with Gasteiger partial charge in [-0.2, -0.15) is 0 Å². The van der Waals surface area contributed by atoms with Crippen molar-refractivity contribution in [3.8, 4) is 22.4 Å². The number of hydrogen-bond acceptors (Lipinski definition) is 9. The maximum atomic E-state index is 13.8. The number of methoxy groups -OCH3 is 2. The summed E-state index contributed by atoms with van der Waals surface area (Å²) in [6.45, 7) is 2.85. The molecule has 0 spiro atoms. The Balaban J connectivity index is 0.969. The fourth-order valence-corrected chi connectivity index (χ4v) is 7.82. The summed E-state index contributed by atoms with van der Waals surface area (Å²) in [5.74, 6) is 0.357. The van der Waals surface area contributed by atoms with Crippen molar-refractivity contribution >= 4 is 35.3 Å². The highest BCUT2D eigenvalue weighted by atomic mass is 16.5. The van der Waals surface area contributed by atoms with Gasteiger partial charge >= 0.3 is 12.2 Å². The molecule has 2 saturated heterocycles. The lowest BCUT2D eigenvalue weighted by molar-refractivity contribution is -0.134. The second-order valence-electron chi connectivity index (χ2n) is 14.4. The number of aryl methyl sites for hydroxylation is 1. The first-order valence-corrected chi connectivity index (χ1v) is 18.9. The molecule has 292 valence electrons. The quantitative estimate of drug-likeness (QED) is 0.191. The van der Waals surface area contributed by atoms with Gasteiger partial charge in [-0.1, -0.05) is 48.5 Å². The van der Waals surface area contributed by atoms with Crippen LogP contribution in [-0.2, 0) is 32.5 Å². The summed E-state index contributed by atoms with van der Waals surface area (Å²) in [7, 11) is 4.41. The van der Waals surface area contributed by atoms with Crippen LogP contribution in [0.5, 0.6) is 0 Å². The Morgan fingerprint density at radius 1 is 0.821 bits per heavy atom. The monoisotopic (exact) mass is 761 g/mol. The van der Waals surface area contributed by atoms with E-state index >= 15 is 0 Å². The van der Waals surface area contributed by atoms with Gasteiger partial charge in [0.2, 0.25) is 11.8 Å². The van der Waals surface area contributed by atoms with E-state index in [-0.39, 0.29) is 30.3 Å². The van der Waals surface area contributed by atoms with E-state index in [1.54, 1.807) is 28.9 Å². The predicted octanol–water partition coefficient (Wildman–Crippen LogP) is 5.03. The van der Waals surface area contributed by atoms with Crippen LogP contribution >= 0.6 is 0 Å². The average Bonchev–Trinajstić information content (AvgIpc) is 4.07. The number of imidazole rings is 2. The maximum Gasteiger partial charge on any atom is 0.407 e. The summed E-state index contributed by atoms with van der Waals surface area (Å²) in [6.07, 6.45) is 10.1. The number of H-pyrrole nitrogens is 1. The van der Waals surface area contributed by atoms with Crippen LogP contribution in [0, 0.1) is 0 Å². The molecule has 3 aliphatic rings. The van der Waals surface area contributed by atoms with Gasteiger partial charge in [-0.3, -0.25) is 14.6 Å². The lowest BCUT2D eigenvalue weighted by atomic mass is 9.96. The third-order valence-electron chi connectivity index (χ3n) is 10.7. The molecule has 4 atom stereocenters. The first-order chi connectivity index (χ1) is 27.1. The third kappa shape index (κ3) is 8.21. The summed E-state index contributed by atoms with van der Waals surface area (Å²) in [5.41, 5.74) is 7.79. The minimum atomic E-state index is -0.831. The van der Waals surface area contributed by atoms with Crippen molar-refractivity contribution in [3.63, 3.8) is 0 Å². The van der Waals surface area contributed by atoms with Crippen molar-refractivity contribution in [2.75, 3.05) is 27.3 Å². The summed E-state index contributed by atoms with van der Waals surface area (Å²) in [4.78, 5) is 71.6. The van der Waals surface area contributed by atoms with Gasteiger partial charge in [0, 0.05) is 51.1 Å². The maximum absolute atomic E-state index is 13.8. The number of benzene rings is 2. The van der Waals surface area contributed by atoms with Crippen molar-refractivity contribution in [1.29, 1.82) is 0 Å². The Kier molecular flexibility index (Phi) is 11.3. The summed E-state index contributed by atoms with van der Waals surface area (Å²) < 4.78 is 11.3. The molecule has 3 N–H and O–H groups in total. The van der Waals surface area contributed by atoms with Crippen LogP contribution in [-0.4, -0.2) is 104 Å². The van der Waals surface area contributed by atoms with E-state index in [9.17, 15) is 19.2 Å². The average molecular weight is 762 g/mol. The van der Waals surface area contributed by atoms with Crippen molar-refractivity contribution in [2.24, 2.45) is 12.0 Å². The molecule has 7 rings (SSSR count). The van der Waals surface area contributed by atoms with Gasteiger partial charge in [0.25, 0.3) is 0 Å². The number of nitrogens with one attached hydrogen (secondary N) is 3. The summed E-state index contributed by atoms with van der Waals surface area (Å²) in [6, 6.07) is 14.8. The molecule has 15 nitrogen and oxygen atoms in total. The molecular formula is C41H47N9O6. The molecule has 56 heavy (non-hydrogen) atoms. The second kappa shape index (κ2) is 16.6. The van der Waals surface area contributed by atoms with Gasteiger partial charge in [-0.15, -0.1) is 0 Å². The van der Waals surface area contributed by atoms with E-state index in [1.807, 2.05) is 24.3 Å². The molecule has 2 aromatic heterocycles. The van der Waals surface area contributed by atoms with E-state index in [0.717, 1.165) is 64.9 Å². The van der Waals surface area contributed by atoms with Crippen LogP contribution in [0.3, 0.4) is 0 Å². The van der Waals surface area contributed by atoms with Gasteiger partial charge in [-0.25, -0.2) is 19.6 Å². The number of hydrogen-bond donors (Lipinski definition) is 3. The Morgan fingerprint density at radius 2 is 1.43 bits per heavy atom. The van der Waals surface area contributed by atoms with Crippen LogP contribution in [0.2, 0.25) is 0 Å². The Bertz CT molecular complexity index is 2140. The zero-order valence-corrected chi connectivity index (χ0v) is 32.0. The first-order valence-electron chi connectivity index (χ1n) is 18.9. The van der Waals surface area contributed by atoms with E-state index in [0.29, 0.717) is 31.0 Å². The predicted molar refractivity (Wildman–Crippen MR) is 209 cm³/mol. The minimum absolute atomic E-state index is 0.0909. The lowest BCUT2D eigenvalue weighted by Crippen LogP contribution is -2.50. The van der Waals surface area contributed by atoms with Crippen LogP contribution in [0.15, 0.2) is 78.4 Å². The van der Waals surface area contributed by atoms with Gasteiger partial charge in [0.1, 0.15) is 17.9 Å². The zero-order chi connectivity index (χ0) is 39.3. The fraction of sp³-hybridized carbons (Fsp3) is 0.390. The number of nitrogens with zero attached hydrogens (tertiary/aromatic N) is 6. The van der Waals surface area contributed by atoms with Crippen LogP contribution in [0.1, 0.15) is 62.2 Å². The zero-order valence-electron chi connectivity index (χ0n) is 32.0. The first kappa shape index (κ1) is 38.0. The van der Waals surface area contributed by atoms with Gasteiger partial charge in [0.15, 0.2) is 0 Å². The number of carbonyl (C=O) groups is 4. The Morgan fingerprint density at radius 3 is 2.07 bits per heavy atom. The number of carbonyl (C=O) groups excluding carboxylic acids is 4. The number of amides is 4. The van der Waals surface area contributed by atoms with E-state index in [1.165, 1.54) is 14.2 Å². The molecule has 3 aliphatic heterocycles. The van der Waals surface area contributed by atoms with E-state index in [4.69, 9.17) is 14.7 Å². The Labute approximate surface area is 325 Å². The molecule has 0 radical (unpaired) electrons. The van der Waals surface area contributed by atoms with Gasteiger partial charge in [0.05, 0.1) is 50.2 Å². The van der Waals surface area contributed by atoms with Crippen LogP contribution < -0.4 is 10.6 Å². The molecule has 0 saturated carbocycles. The van der Waals surface area contributed by atoms with Crippen LogP contribution in [0.4, 0.5) is 9.59 Å². The molecule has 4 aromatic rings. The topological polar surface area (TPSA) is 176 Å². The smallest absolute Gasteiger partial charge is 0.407 e. The minimum Gasteiger partial charge on any atom is -0.453 e. The molecule has 2 aromatic carbocycles. The van der Waals surface area contributed by atoms with Crippen molar-refractivity contribution in [2.45, 2.75) is 69.6 Å². The number of rotatable bonds is 11. The van der Waals surface area contributed by atoms with Crippen LogP contribution in [0.25, 0.3) is 28.0 Å². The van der Waals surface area contributed by atoms with E-state index in [2.05, 4.69) is 73.9 Å². The standard InChI is InChI=1S/C41H47N9O6/c1-25(45-40(53)55-3)38(51)49-17-5-7-35(49)32-19-30(21-42-32)28-11-9-26(10-12-28)27-13-15-29(16-14-27)34-22-43-37(46-34)36-8-6-18-50(36)39(52)33(47-41(54)56-4)20-31-23-48(2)24-44-31/h9-16,21-25,33,35-36H,5-8,17-20H2,1-4H3,(H,43,46)(H,45,53)(H,47,54)/t25-,33-,35-,36-/m0/s1. The molecule has 0 unspecified atom stereocenters. The Hall–Kier alpha value is -6.25. The molecule has 5 heterocycles. The number of allylic oxidation sites excluding steroid dienone is 1. The van der Waals surface area contributed by atoms with Crippen molar-refractivity contribution < 1.29 is 28.7 Å². The molecule has 0 bridgehead atoms. The number of aliphatic imine (C=N–C) groups is 1. The normalized spacial score (nSPS) is 18.9. The third-order valence-corrected chi connectivity index (χ3v) is 10.7. The highest BCUT2D eigenvalue weighted by Gasteiger charge is 2.38. The lowest BCUT2D eigenvalue weighted by Gasteiger charge is -2.28. The highest BCUT2D eigenvalue weighted by molar-refractivity contribution is 6.03. The van der Waals surface area contributed by atoms with Crippen molar-refractivity contribution in [3.05, 3.63) is 90.5 Å². The number of alkyl carbamates (subject to hydrolysis) is 2. The number of ether oxygens (including phenoxy) is 2. The number of aromatic amines is 1. The largest absolute Gasteiger partial charge is 0.453 e. The number of aromatic nitrogens is 4. The highest BCUT2D eigenvalue weighted by Crippen LogP contribution is 2.34. The molecule has 15 heteroatoms. The summed E-state index contributed by atoms with van der Waals surface area (Å²) in [5, 5.41) is 5.28. The molecular weight excluding hydrogens is 715 g/mol. The van der Waals surface area contributed by atoms with Gasteiger partial charge in [-0.05, 0) is 60.4 Å². The fourth-order valence-electron chi connectivity index (χ4n) is 7.82. The van der Waals surface area contributed by atoms with Crippen molar-refractivity contribution in [1.82, 2.24) is 40.0 Å². The molecule has 4 amide bonds.